The highest BCUT2D eigenvalue weighted by Gasteiger charge is 2.37. The Balaban J connectivity index is 1.34. The van der Waals surface area contributed by atoms with Crippen molar-refractivity contribution in [1.82, 2.24) is 4.98 Å². The van der Waals surface area contributed by atoms with E-state index >= 15 is 0 Å². The first-order valence-corrected chi connectivity index (χ1v) is 12.6. The second kappa shape index (κ2) is 6.28. The van der Waals surface area contributed by atoms with Gasteiger partial charge in [-0.05, 0) is 79.8 Å². The number of pyridine rings is 1. The van der Waals surface area contributed by atoms with Gasteiger partial charge >= 0.3 is 0 Å². The number of hydrogen-bond acceptors (Lipinski definition) is 2. The van der Waals surface area contributed by atoms with Crippen LogP contribution in [-0.2, 0) is 25.7 Å². The molecule has 0 fully saturated rings. The van der Waals surface area contributed by atoms with Crippen molar-refractivity contribution in [2.75, 3.05) is 4.90 Å². The summed E-state index contributed by atoms with van der Waals surface area (Å²) in [7, 11) is 0. The zero-order valence-electron chi connectivity index (χ0n) is 19.3. The molecule has 2 aliphatic carbocycles. The van der Waals surface area contributed by atoms with Gasteiger partial charge in [0.1, 0.15) is 0 Å². The number of aromatic nitrogens is 1. The first kappa shape index (κ1) is 18.2. The lowest BCUT2D eigenvalue weighted by molar-refractivity contribution is 0.952. The van der Waals surface area contributed by atoms with Crippen molar-refractivity contribution in [2.24, 2.45) is 0 Å². The Morgan fingerprint density at radius 1 is 0.514 bits per heavy atom. The van der Waals surface area contributed by atoms with Gasteiger partial charge in [-0.3, -0.25) is 4.98 Å². The number of anilines is 3. The Hall–Kier alpha value is -4.17. The average Bonchev–Trinajstić information content (AvgIpc) is 3.45. The highest BCUT2D eigenvalue weighted by molar-refractivity contribution is 5.96. The second-order valence-electron chi connectivity index (χ2n) is 10.4. The Labute approximate surface area is 204 Å². The number of rotatable bonds is 0. The van der Waals surface area contributed by atoms with Gasteiger partial charge in [0.2, 0.25) is 0 Å². The van der Waals surface area contributed by atoms with E-state index in [9.17, 15) is 0 Å². The maximum Gasteiger partial charge on any atom is 0.0716 e. The topological polar surface area (TPSA) is 16.1 Å². The molecule has 0 saturated carbocycles. The van der Waals surface area contributed by atoms with Crippen LogP contribution in [0.1, 0.15) is 44.6 Å². The van der Waals surface area contributed by atoms with E-state index in [4.69, 9.17) is 4.98 Å². The van der Waals surface area contributed by atoms with Crippen molar-refractivity contribution >= 4 is 17.1 Å². The molecule has 9 rings (SSSR count). The molecule has 2 nitrogen and oxygen atoms in total. The summed E-state index contributed by atoms with van der Waals surface area (Å²) >= 11 is 0. The van der Waals surface area contributed by atoms with Gasteiger partial charge in [0.15, 0.2) is 0 Å². The van der Waals surface area contributed by atoms with Crippen molar-refractivity contribution in [3.05, 3.63) is 130 Å². The third kappa shape index (κ3) is 2.27. The monoisotopic (exact) mass is 446 g/mol. The maximum atomic E-state index is 4.91. The lowest BCUT2D eigenvalue weighted by Crippen LogP contribution is -2.26. The summed E-state index contributed by atoms with van der Waals surface area (Å²) in [5, 5.41) is 0. The highest BCUT2D eigenvalue weighted by Crippen LogP contribution is 2.55. The number of hydrogen-bond donors (Lipinski definition) is 0. The van der Waals surface area contributed by atoms with Gasteiger partial charge in [0, 0.05) is 25.5 Å². The predicted octanol–water partition coefficient (Wildman–Crippen LogP) is 7.50. The fourth-order valence-corrected chi connectivity index (χ4v) is 7.06. The minimum atomic E-state index is 0.906. The Kier molecular flexibility index (Phi) is 3.27. The van der Waals surface area contributed by atoms with Crippen LogP contribution in [0.2, 0.25) is 0 Å². The molecule has 5 aromatic rings. The van der Waals surface area contributed by atoms with Crippen LogP contribution in [0, 0.1) is 0 Å². The van der Waals surface area contributed by atoms with Crippen molar-refractivity contribution < 1.29 is 0 Å². The molecule has 0 amide bonds. The minimum Gasteiger partial charge on any atom is -0.307 e. The third-order valence-corrected chi connectivity index (χ3v) is 8.54. The maximum absolute atomic E-state index is 4.91. The molecule has 0 atom stereocenters. The van der Waals surface area contributed by atoms with Crippen molar-refractivity contribution in [2.45, 2.75) is 25.7 Å². The van der Waals surface area contributed by atoms with E-state index in [1.807, 2.05) is 6.20 Å². The van der Waals surface area contributed by atoms with Crippen LogP contribution >= 0.6 is 0 Å². The van der Waals surface area contributed by atoms with Crippen LogP contribution in [0.4, 0.5) is 17.1 Å². The molecule has 1 aromatic heterocycles. The highest BCUT2D eigenvalue weighted by atomic mass is 15.2. The number of benzene rings is 4. The largest absolute Gasteiger partial charge is 0.307 e. The molecule has 4 aliphatic rings. The zero-order chi connectivity index (χ0) is 22.7. The summed E-state index contributed by atoms with van der Waals surface area (Å²) in [5.41, 5.74) is 20.9. The SMILES string of the molecule is c1ccc2c(c1)Cc1cc3c(cc1-2)N1c2c(ccnc2C3)Cc2ccc3c(c21)Cc1ccccc1-3. The standard InChI is InChI=1S/C33H22N2/c1-4-8-26-19(5-1)13-23-15-24-17-30-33-22(11-12-34-30)14-21-9-10-27-25-7-3-2-6-20(25)16-29(27)32(21)35(33)31(24)18-28(23)26/h1-12,15,18H,13-14,16-17H2. The van der Waals surface area contributed by atoms with E-state index in [0.717, 1.165) is 25.7 Å². The normalized spacial score (nSPS) is 14.9. The molecule has 0 bridgehead atoms. The number of nitrogens with zero attached hydrogens (tertiary/aromatic N) is 2. The van der Waals surface area contributed by atoms with Crippen LogP contribution in [0.3, 0.4) is 0 Å². The lowest BCUT2D eigenvalue weighted by Gasteiger charge is -2.40. The predicted molar refractivity (Wildman–Crippen MR) is 141 cm³/mol. The second-order valence-corrected chi connectivity index (χ2v) is 10.4. The van der Waals surface area contributed by atoms with Gasteiger partial charge < -0.3 is 4.90 Å². The van der Waals surface area contributed by atoms with Crippen molar-refractivity contribution in [3.8, 4) is 22.3 Å². The summed E-state index contributed by atoms with van der Waals surface area (Å²) in [6, 6.07) is 29.7. The van der Waals surface area contributed by atoms with E-state index in [1.165, 1.54) is 84.0 Å². The molecule has 4 aromatic carbocycles. The molecule has 0 N–H and O–H groups in total. The fourth-order valence-electron chi connectivity index (χ4n) is 7.06. The average molecular weight is 447 g/mol. The van der Waals surface area contributed by atoms with Gasteiger partial charge in [-0.25, -0.2) is 0 Å². The molecule has 0 spiro atoms. The van der Waals surface area contributed by atoms with Gasteiger partial charge in [0.05, 0.1) is 22.8 Å². The minimum absolute atomic E-state index is 0.906. The molecule has 164 valence electrons. The van der Waals surface area contributed by atoms with E-state index in [0.29, 0.717) is 0 Å². The van der Waals surface area contributed by atoms with Gasteiger partial charge in [-0.2, -0.15) is 0 Å². The van der Waals surface area contributed by atoms with E-state index < -0.39 is 0 Å². The molecule has 2 heteroatoms. The zero-order valence-corrected chi connectivity index (χ0v) is 19.3. The number of fused-ring (bicyclic) bond motifs is 11. The van der Waals surface area contributed by atoms with Gasteiger partial charge in [0.25, 0.3) is 0 Å². The van der Waals surface area contributed by atoms with E-state index in [-0.39, 0.29) is 0 Å². The quantitative estimate of drug-likeness (QED) is 0.240. The molecule has 2 aliphatic heterocycles. The molecular weight excluding hydrogens is 424 g/mol. The summed E-state index contributed by atoms with van der Waals surface area (Å²) in [4.78, 5) is 7.49. The molecule has 0 radical (unpaired) electrons. The Morgan fingerprint density at radius 3 is 2.14 bits per heavy atom. The lowest BCUT2D eigenvalue weighted by atomic mass is 9.85. The van der Waals surface area contributed by atoms with Crippen LogP contribution in [0.25, 0.3) is 22.3 Å². The van der Waals surface area contributed by atoms with Gasteiger partial charge in [-0.15, -0.1) is 0 Å². The Bertz CT molecular complexity index is 1760. The van der Waals surface area contributed by atoms with Crippen molar-refractivity contribution in [1.29, 1.82) is 0 Å². The van der Waals surface area contributed by atoms with Crippen LogP contribution < -0.4 is 4.90 Å². The molecule has 35 heavy (non-hydrogen) atoms. The van der Waals surface area contributed by atoms with Crippen LogP contribution in [0.5, 0.6) is 0 Å². The van der Waals surface area contributed by atoms with Crippen LogP contribution in [0.15, 0.2) is 85.1 Å². The summed E-state index contributed by atoms with van der Waals surface area (Å²) in [6.45, 7) is 0. The molecule has 0 unspecified atom stereocenters. The van der Waals surface area contributed by atoms with E-state index in [2.05, 4.69) is 83.8 Å². The first-order valence-electron chi connectivity index (χ1n) is 12.6. The third-order valence-electron chi connectivity index (χ3n) is 8.54. The van der Waals surface area contributed by atoms with Gasteiger partial charge in [-0.1, -0.05) is 66.7 Å². The smallest absolute Gasteiger partial charge is 0.0716 e. The summed E-state index contributed by atoms with van der Waals surface area (Å²) in [6.07, 6.45) is 5.92. The molecule has 0 saturated heterocycles. The first-order chi connectivity index (χ1) is 17.3. The Morgan fingerprint density at radius 2 is 1.26 bits per heavy atom. The van der Waals surface area contributed by atoms with Crippen molar-refractivity contribution in [3.63, 3.8) is 0 Å². The van der Waals surface area contributed by atoms with Crippen LogP contribution in [-0.4, -0.2) is 4.98 Å². The molecule has 3 heterocycles. The molecular formula is C33H22N2. The van der Waals surface area contributed by atoms with E-state index in [1.54, 1.807) is 0 Å². The summed E-state index contributed by atoms with van der Waals surface area (Å²) in [5.74, 6) is 0. The fraction of sp³-hybridized carbons (Fsp3) is 0.121. The summed E-state index contributed by atoms with van der Waals surface area (Å²) < 4.78 is 0.